The van der Waals surface area contributed by atoms with Crippen molar-refractivity contribution in [3.05, 3.63) is 62.9 Å². The Hall–Kier alpha value is -2.44. The van der Waals surface area contributed by atoms with Gasteiger partial charge in [0.2, 0.25) is 0 Å². The smallest absolute Gasteiger partial charge is 0.266 e. The molecule has 142 valence electrons. The van der Waals surface area contributed by atoms with Crippen LogP contribution in [0.5, 0.6) is 0 Å². The molecule has 5 rings (SSSR count). The van der Waals surface area contributed by atoms with E-state index < -0.39 is 0 Å². The molecule has 8 heteroatoms. The van der Waals surface area contributed by atoms with Gasteiger partial charge in [0.15, 0.2) is 5.82 Å². The van der Waals surface area contributed by atoms with E-state index in [2.05, 4.69) is 15.1 Å². The lowest BCUT2D eigenvalue weighted by atomic mass is 9.89. The van der Waals surface area contributed by atoms with Gasteiger partial charge in [0.1, 0.15) is 0 Å². The molecule has 4 aromatic rings. The summed E-state index contributed by atoms with van der Waals surface area (Å²) in [6.45, 7) is 0. The number of pyridine rings is 1. The molecule has 1 aliphatic rings. The molecule has 1 aromatic carbocycles. The predicted octanol–water partition coefficient (Wildman–Crippen LogP) is 4.78. The molecule has 0 N–H and O–H groups in total. The first-order valence-electron chi connectivity index (χ1n) is 9.34. The molecule has 0 aliphatic heterocycles. The third-order valence-electron chi connectivity index (χ3n) is 5.35. The third kappa shape index (κ3) is 2.97. The number of halogens is 2. The van der Waals surface area contributed by atoms with Crippen LogP contribution in [0.25, 0.3) is 22.4 Å². The highest BCUT2D eigenvalue weighted by atomic mass is 35.5. The van der Waals surface area contributed by atoms with Crippen LogP contribution in [0.1, 0.15) is 43.8 Å². The molecular formula is C20H17Cl2N5O. The van der Waals surface area contributed by atoms with Crippen molar-refractivity contribution in [2.24, 2.45) is 0 Å². The van der Waals surface area contributed by atoms with Gasteiger partial charge in [-0.1, -0.05) is 42.5 Å². The fourth-order valence-electron chi connectivity index (χ4n) is 3.95. The van der Waals surface area contributed by atoms with E-state index in [1.165, 1.54) is 23.8 Å². The zero-order chi connectivity index (χ0) is 19.3. The van der Waals surface area contributed by atoms with Crippen molar-refractivity contribution in [2.45, 2.75) is 38.0 Å². The maximum atomic E-state index is 13.1. The zero-order valence-corrected chi connectivity index (χ0v) is 16.5. The number of rotatable bonds is 2. The summed E-state index contributed by atoms with van der Waals surface area (Å²) in [7, 11) is 0. The van der Waals surface area contributed by atoms with Crippen LogP contribution in [0.2, 0.25) is 10.0 Å². The van der Waals surface area contributed by atoms with Crippen LogP contribution in [-0.2, 0) is 0 Å². The molecule has 0 spiro atoms. The normalized spacial score (nSPS) is 15.5. The minimum absolute atomic E-state index is 0.208. The van der Waals surface area contributed by atoms with E-state index >= 15 is 0 Å². The molecule has 0 saturated heterocycles. The van der Waals surface area contributed by atoms with E-state index in [0.29, 0.717) is 38.3 Å². The Morgan fingerprint density at radius 3 is 2.54 bits per heavy atom. The van der Waals surface area contributed by atoms with Crippen LogP contribution in [0.15, 0.2) is 41.5 Å². The van der Waals surface area contributed by atoms with Gasteiger partial charge in [-0.05, 0) is 37.1 Å². The minimum Gasteiger partial charge on any atom is -0.284 e. The number of hydrogen-bond acceptors (Lipinski definition) is 4. The van der Waals surface area contributed by atoms with Crippen LogP contribution in [-0.4, -0.2) is 24.1 Å². The van der Waals surface area contributed by atoms with Crippen LogP contribution in [0.3, 0.4) is 0 Å². The van der Waals surface area contributed by atoms with Gasteiger partial charge in [-0.3, -0.25) is 9.36 Å². The zero-order valence-electron chi connectivity index (χ0n) is 15.0. The van der Waals surface area contributed by atoms with Crippen LogP contribution in [0.4, 0.5) is 0 Å². The van der Waals surface area contributed by atoms with Gasteiger partial charge < -0.3 is 0 Å². The molecule has 1 fully saturated rings. The largest absolute Gasteiger partial charge is 0.284 e. The molecule has 0 amide bonds. The Labute approximate surface area is 170 Å². The van der Waals surface area contributed by atoms with Crippen molar-refractivity contribution in [2.75, 3.05) is 0 Å². The summed E-state index contributed by atoms with van der Waals surface area (Å²) < 4.78 is 3.18. The van der Waals surface area contributed by atoms with Crippen LogP contribution >= 0.6 is 23.2 Å². The third-order valence-corrected chi connectivity index (χ3v) is 5.78. The van der Waals surface area contributed by atoms with Crippen molar-refractivity contribution in [1.29, 1.82) is 0 Å². The van der Waals surface area contributed by atoms with E-state index in [9.17, 15) is 4.79 Å². The molecule has 1 aliphatic carbocycles. The van der Waals surface area contributed by atoms with Gasteiger partial charge in [-0.25, -0.2) is 4.98 Å². The molecule has 0 bridgehead atoms. The highest BCUT2D eigenvalue weighted by Crippen LogP contribution is 2.31. The van der Waals surface area contributed by atoms with Gasteiger partial charge in [-0.2, -0.15) is 9.50 Å². The highest BCUT2D eigenvalue weighted by Gasteiger charge is 2.21. The number of nitrogens with zero attached hydrogens (tertiary/aromatic N) is 5. The monoisotopic (exact) mass is 413 g/mol. The standard InChI is InChI=1S/C20H17Cl2N5O/c21-13-8-14(22)10-15(9-13)26-7-6-17-16(19(26)28)11-23-20-24-18(25-27(17)20)12-4-2-1-3-5-12/h6-12H,1-5H2. The number of aromatic nitrogens is 5. The predicted molar refractivity (Wildman–Crippen MR) is 110 cm³/mol. The first kappa shape index (κ1) is 17.6. The summed E-state index contributed by atoms with van der Waals surface area (Å²) in [6, 6.07) is 6.87. The summed E-state index contributed by atoms with van der Waals surface area (Å²) in [5.74, 6) is 1.72. The summed E-state index contributed by atoms with van der Waals surface area (Å²) in [5.41, 5.74) is 1.08. The second-order valence-electron chi connectivity index (χ2n) is 7.19. The maximum Gasteiger partial charge on any atom is 0.266 e. The number of fused-ring (bicyclic) bond motifs is 3. The molecule has 1 saturated carbocycles. The van der Waals surface area contributed by atoms with Gasteiger partial charge in [0.25, 0.3) is 11.3 Å². The fraction of sp³-hybridized carbons (Fsp3) is 0.300. The molecule has 3 aromatic heterocycles. The number of benzene rings is 1. The topological polar surface area (TPSA) is 65.1 Å². The second kappa shape index (κ2) is 6.87. The quantitative estimate of drug-likeness (QED) is 0.474. The van der Waals surface area contributed by atoms with Crippen molar-refractivity contribution in [1.82, 2.24) is 24.1 Å². The maximum absolute atomic E-state index is 13.1. The van der Waals surface area contributed by atoms with Gasteiger partial charge in [0.05, 0.1) is 16.6 Å². The SMILES string of the molecule is O=c1c2cnc3nc(C4CCCCC4)nn3c2ccn1-c1cc(Cl)cc(Cl)c1. The molecular weight excluding hydrogens is 397 g/mol. The van der Waals surface area contributed by atoms with E-state index in [4.69, 9.17) is 23.2 Å². The lowest BCUT2D eigenvalue weighted by Gasteiger charge is -2.17. The lowest BCUT2D eigenvalue weighted by molar-refractivity contribution is 0.429. The van der Waals surface area contributed by atoms with Gasteiger partial charge in [-0.15, -0.1) is 5.10 Å². The summed E-state index contributed by atoms with van der Waals surface area (Å²) in [5, 5.41) is 6.09. The summed E-state index contributed by atoms with van der Waals surface area (Å²) in [4.78, 5) is 22.1. The molecule has 3 heterocycles. The Morgan fingerprint density at radius 2 is 1.79 bits per heavy atom. The highest BCUT2D eigenvalue weighted by molar-refractivity contribution is 6.34. The minimum atomic E-state index is -0.208. The summed E-state index contributed by atoms with van der Waals surface area (Å²) in [6.07, 6.45) is 9.18. The van der Waals surface area contributed by atoms with Crippen molar-refractivity contribution in [3.8, 4) is 5.69 Å². The second-order valence-corrected chi connectivity index (χ2v) is 8.07. The van der Waals surface area contributed by atoms with Gasteiger partial charge in [0, 0.05) is 28.4 Å². The lowest BCUT2D eigenvalue weighted by Crippen LogP contribution is -2.19. The Balaban J connectivity index is 1.67. The summed E-state index contributed by atoms with van der Waals surface area (Å²) >= 11 is 12.2. The average molecular weight is 414 g/mol. The Morgan fingerprint density at radius 1 is 1.04 bits per heavy atom. The molecule has 0 unspecified atom stereocenters. The van der Waals surface area contributed by atoms with Crippen molar-refractivity contribution in [3.63, 3.8) is 0 Å². The van der Waals surface area contributed by atoms with Gasteiger partial charge >= 0.3 is 0 Å². The van der Waals surface area contributed by atoms with Crippen LogP contribution in [0, 0.1) is 0 Å². The first-order valence-corrected chi connectivity index (χ1v) is 10.1. The molecule has 0 radical (unpaired) electrons. The van der Waals surface area contributed by atoms with E-state index in [-0.39, 0.29) is 5.56 Å². The van der Waals surface area contributed by atoms with Crippen molar-refractivity contribution >= 4 is 39.9 Å². The fourth-order valence-corrected chi connectivity index (χ4v) is 4.46. The molecule has 6 nitrogen and oxygen atoms in total. The van der Waals surface area contributed by atoms with E-state index in [1.54, 1.807) is 35.1 Å². The molecule has 28 heavy (non-hydrogen) atoms. The number of hydrogen-bond donors (Lipinski definition) is 0. The Bertz CT molecular complexity index is 1240. The van der Waals surface area contributed by atoms with Crippen LogP contribution < -0.4 is 5.56 Å². The Kier molecular flexibility index (Phi) is 4.33. The van der Waals surface area contributed by atoms with Crippen molar-refractivity contribution < 1.29 is 0 Å². The van der Waals surface area contributed by atoms with E-state index in [1.807, 2.05) is 6.07 Å². The van der Waals surface area contributed by atoms with E-state index in [0.717, 1.165) is 18.7 Å². The molecule has 0 atom stereocenters. The average Bonchev–Trinajstić information content (AvgIpc) is 3.13. The first-order chi connectivity index (χ1) is 13.6.